The largest absolute Gasteiger partial charge is 0.490 e. The van der Waals surface area contributed by atoms with Gasteiger partial charge in [0.15, 0.2) is 64.3 Å². The van der Waals surface area contributed by atoms with Gasteiger partial charge in [-0.1, -0.05) is 42.5 Å². The third kappa shape index (κ3) is 37.4. The lowest BCUT2D eigenvalue weighted by Gasteiger charge is -2.27. The minimum Gasteiger partial charge on any atom is -0.490 e. The number of anilines is 1. The highest BCUT2D eigenvalue weighted by molar-refractivity contribution is 14.1. The Morgan fingerprint density at radius 3 is 1.12 bits per heavy atom. The molecule has 706 valence electrons. The Bertz CT molecular complexity index is 4940. The van der Waals surface area contributed by atoms with E-state index in [1.54, 1.807) is 144 Å². The lowest BCUT2D eigenvalue weighted by molar-refractivity contribution is -0.437. The number of fused-ring (bicyclic) bond motifs is 2. The Kier molecular flexibility index (Phi) is 48.6. The molecule has 0 atom stereocenters. The molecule has 47 heteroatoms. The number of amides is 6. The summed E-state index contributed by atoms with van der Waals surface area (Å²) in [5.41, 5.74) is -0.740. The Morgan fingerprint density at radius 1 is 0.406 bits per heavy atom. The first-order valence-electron chi connectivity index (χ1n) is 42.7. The molecule has 6 rings (SSSR count). The predicted molar refractivity (Wildman–Crippen MR) is 537 cm³/mol. The van der Waals surface area contributed by atoms with Gasteiger partial charge in [0.1, 0.15) is 6.54 Å². The van der Waals surface area contributed by atoms with Gasteiger partial charge in [-0.2, -0.15) is 38.2 Å². The molecule has 128 heavy (non-hydrogen) atoms. The zero-order valence-corrected chi connectivity index (χ0v) is 84.0. The van der Waals surface area contributed by atoms with Gasteiger partial charge in [-0.05, 0) is 192 Å². The van der Waals surface area contributed by atoms with Gasteiger partial charge >= 0.3 is 0 Å². The summed E-state index contributed by atoms with van der Waals surface area (Å²) in [6.45, 7) is 7.90. The molecule has 0 spiro atoms. The quantitative estimate of drug-likeness (QED) is 0.00531. The molecule has 0 saturated heterocycles. The van der Waals surface area contributed by atoms with Crippen LogP contribution in [0.3, 0.4) is 0 Å². The van der Waals surface area contributed by atoms with Crippen molar-refractivity contribution in [2.75, 3.05) is 153 Å². The fourth-order valence-corrected chi connectivity index (χ4v) is 18.9. The highest BCUT2D eigenvalue weighted by Gasteiger charge is 2.49. The van der Waals surface area contributed by atoms with E-state index in [1.165, 1.54) is 18.2 Å². The number of allylic oxidation sites excluding steroid dienone is 4. The number of ether oxygens (including phenoxy) is 6. The van der Waals surface area contributed by atoms with E-state index in [4.69, 9.17) is 28.4 Å². The van der Waals surface area contributed by atoms with Crippen molar-refractivity contribution in [2.45, 2.75) is 141 Å². The molecule has 2 heterocycles. The summed E-state index contributed by atoms with van der Waals surface area (Å²) in [4.78, 5) is 88.8. The van der Waals surface area contributed by atoms with Gasteiger partial charge in [0.2, 0.25) is 17.2 Å². The summed E-state index contributed by atoms with van der Waals surface area (Å²) in [6, 6.07) is 12.1. The number of alkyl halides is 1. The van der Waals surface area contributed by atoms with Crippen molar-refractivity contribution in [3.63, 3.8) is 0 Å². The molecule has 0 bridgehead atoms. The van der Waals surface area contributed by atoms with E-state index in [2.05, 4.69) is 61.6 Å². The smallest absolute Gasteiger partial charge is 0.266 e. The Labute approximate surface area is 793 Å². The number of unbranched alkanes of at least 4 members (excludes halogenated alkanes) is 6. The summed E-state index contributed by atoms with van der Waals surface area (Å²) in [6.07, 6.45) is 15.0. The first-order valence-corrected chi connectivity index (χ1v) is 57.6. The van der Waals surface area contributed by atoms with Crippen LogP contribution < -0.4 is 65.2 Å². The zero-order valence-electron chi connectivity index (χ0n) is 74.5. The molecule has 10 N–H and O–H groups in total. The molecule has 2 aliphatic heterocycles. The number of halogens is 1. The van der Waals surface area contributed by atoms with Crippen molar-refractivity contribution in [3.05, 3.63) is 117 Å². The minimum atomic E-state index is -4.61. The Balaban J connectivity index is 1.43. The van der Waals surface area contributed by atoms with Crippen LogP contribution >= 0.6 is 80.7 Å². The third-order valence-electron chi connectivity index (χ3n) is 20.5. The van der Waals surface area contributed by atoms with Crippen LogP contribution in [0.5, 0.6) is 34.5 Å². The highest BCUT2D eigenvalue weighted by Crippen LogP contribution is 2.51. The molecule has 32 nitrogen and oxygen atoms in total. The maximum Gasteiger partial charge on any atom is 0.266 e. The second kappa shape index (κ2) is 56.2. The first-order chi connectivity index (χ1) is 60.8. The zero-order chi connectivity index (χ0) is 94.1. The van der Waals surface area contributed by atoms with Crippen LogP contribution in [-0.4, -0.2) is 281 Å². The van der Waals surface area contributed by atoms with E-state index >= 15 is 4.79 Å². The maximum atomic E-state index is 15.3. The van der Waals surface area contributed by atoms with Crippen LogP contribution in [0.1, 0.15) is 204 Å². The van der Waals surface area contributed by atoms with E-state index in [-0.39, 0.29) is 115 Å². The van der Waals surface area contributed by atoms with Crippen molar-refractivity contribution in [2.24, 2.45) is 0 Å². The standard InChI is InChI=1S/C81H122B5IN8O24S9/c1-80(2)68(22-17-23-69-81(3,4)71-61(79(101)93-30-47-128(111,112)113)49-57(75(97)92-29-46-127(108,109)110)51-63(71)95(69)32-21-45-126(105,106)107)94(31-20-44-125(102,103)104)62-50-56(74(96)88-25-18-26-89-76(98)59-54-66(116-35-8-13-40-121-83)73(119-38-11-16-43-124-86)67(55-59)117-36-9-14-41-122-84)48-60(70(62)80)78(100)91-28-19-27-90-77(99)58-52-64(114-33-6-5-24-87)72(118-37-10-15-42-123-85)65(53-58)115-34-7-12-39-120-82/h17,22-23,48-55H,5-16,18-21,24-47,82-86H2,1-4H3,(H9-,88,89,90,91,92,93,96,97,98,99,100,101,102,103,104,105,106,107,108,109,110,111,112,113)/p+1. The third-order valence-corrected chi connectivity index (χ3v) is 27.8. The van der Waals surface area contributed by atoms with Gasteiger partial charge in [-0.15, -0.1) is 0 Å². The van der Waals surface area contributed by atoms with Crippen molar-refractivity contribution >= 4 is 209 Å². The number of nitrogens with zero attached hydrogens (tertiary/aromatic N) is 2. The molecule has 0 fully saturated rings. The Hall–Kier alpha value is -6.11. The molecule has 0 aliphatic carbocycles. The molecule has 0 aromatic heterocycles. The van der Waals surface area contributed by atoms with Crippen molar-refractivity contribution < 1.29 is 114 Å². The monoisotopic (exact) mass is 2060 g/mol. The van der Waals surface area contributed by atoms with Gasteiger partial charge in [0, 0.05) is 115 Å². The lowest BCUT2D eigenvalue weighted by atomic mass is 9.78. The van der Waals surface area contributed by atoms with Crippen molar-refractivity contribution in [1.82, 2.24) is 31.9 Å². The number of carbonyl (C=O) groups is 6. The highest BCUT2D eigenvalue weighted by atomic mass is 127. The second-order valence-electron chi connectivity index (χ2n) is 31.4. The van der Waals surface area contributed by atoms with E-state index in [0.717, 1.165) is 110 Å². The summed E-state index contributed by atoms with van der Waals surface area (Å²) >= 11 is 11.0. The van der Waals surface area contributed by atoms with Crippen LogP contribution in [0.25, 0.3) is 0 Å². The number of nitrogens with one attached hydrogen (secondary N) is 6. The molecular formula is C81H123B5IN8O24S9+. The average molecular weight is 2060 g/mol. The summed E-state index contributed by atoms with van der Waals surface area (Å²) < 4.78 is 177. The van der Waals surface area contributed by atoms with E-state index < -0.39 is 123 Å². The fourth-order valence-electron chi connectivity index (χ4n) is 14.2. The van der Waals surface area contributed by atoms with Crippen molar-refractivity contribution in [3.8, 4) is 34.5 Å². The SMILES string of the molecule is BSCCCCOc1cc(C(=O)NCCCNC(=O)c2cc(C(=O)NCCCNC(=O)c3cc(OCCCCSB)c(OCCCCSB)c(OCCCCSB)c3)cc3c2C(C)(C)/C(=C\C=C\C2=[N+](CCCS(=O)(=O)O)c4cc(C(=O)NCCS(=O)(=O)O)cc(C(=O)NCCS(=O)(=O)O)c4C2(C)C)N3CCCS(=O)(=O)O)cc(OCCCCI)c1OCCCCSB. The summed E-state index contributed by atoms with van der Waals surface area (Å²) in [5.74, 6) is -0.162. The number of rotatable bonds is 65. The molecule has 0 radical (unpaired) electrons. The topological polar surface area (TPSA) is 454 Å². The van der Waals surface area contributed by atoms with Gasteiger partial charge in [0.25, 0.3) is 75.9 Å². The molecule has 6 amide bonds. The number of carbonyl (C=O) groups excluding carboxylic acids is 6. The normalized spacial score (nSPS) is 13.9. The number of hydrogen-bond acceptors (Lipinski definition) is 26. The molecule has 2 aliphatic rings. The van der Waals surface area contributed by atoms with Gasteiger partial charge < -0.3 is 65.2 Å². The minimum absolute atomic E-state index is 0.00882. The van der Waals surface area contributed by atoms with Gasteiger partial charge in [-0.25, -0.2) is 58.1 Å². The maximum absolute atomic E-state index is 15.3. The van der Waals surface area contributed by atoms with Crippen LogP contribution in [0.2, 0.25) is 0 Å². The van der Waals surface area contributed by atoms with Gasteiger partial charge in [-0.3, -0.25) is 47.0 Å². The van der Waals surface area contributed by atoms with Gasteiger partial charge in [0.05, 0.1) is 79.2 Å². The van der Waals surface area contributed by atoms with Crippen LogP contribution in [0.15, 0.2) is 72.5 Å². The molecule has 4 aromatic rings. The molecule has 0 saturated carbocycles. The van der Waals surface area contributed by atoms with Crippen LogP contribution in [0.4, 0.5) is 11.4 Å². The fraction of sp³-hybridized carbons (Fsp3) is 0.568. The first kappa shape index (κ1) is 111. The number of hydrogen-bond donors (Lipinski definition) is 10. The molecule has 4 aromatic carbocycles. The summed E-state index contributed by atoms with van der Waals surface area (Å²) in [5, 5.41) is 16.7. The van der Waals surface area contributed by atoms with E-state index in [0.29, 0.717) is 91.1 Å². The van der Waals surface area contributed by atoms with E-state index in [9.17, 15) is 75.9 Å². The average Bonchev–Trinajstić information content (AvgIpc) is 1.57. The second-order valence-corrected chi connectivity index (χ2v) is 43.7. The molecular weight excluding hydrogens is 1940 g/mol. The lowest BCUT2D eigenvalue weighted by Crippen LogP contribution is -2.34. The van der Waals surface area contributed by atoms with Crippen LogP contribution in [0, 0.1) is 0 Å². The number of benzene rings is 4. The predicted octanol–water partition coefficient (Wildman–Crippen LogP) is 6.99. The van der Waals surface area contributed by atoms with Crippen LogP contribution in [-0.2, 0) is 51.3 Å². The van der Waals surface area contributed by atoms with Crippen molar-refractivity contribution in [1.29, 1.82) is 0 Å². The molecule has 0 unspecified atom stereocenters. The summed E-state index contributed by atoms with van der Waals surface area (Å²) in [7, 11) is -8.16. The van der Waals surface area contributed by atoms with E-state index in [1.807, 2.05) is 28.5 Å². The Morgan fingerprint density at radius 2 is 0.742 bits per heavy atom.